The van der Waals surface area contributed by atoms with Crippen molar-refractivity contribution in [3.8, 4) is 0 Å². The zero-order valence-corrected chi connectivity index (χ0v) is 21.2. The molecule has 186 valence electrons. The van der Waals surface area contributed by atoms with E-state index in [1.807, 2.05) is 61.5 Å². The molecule has 0 saturated carbocycles. The first-order chi connectivity index (χ1) is 16.6. The van der Waals surface area contributed by atoms with E-state index in [1.165, 1.54) is 44.9 Å². The van der Waals surface area contributed by atoms with Crippen molar-refractivity contribution in [1.82, 2.24) is 5.32 Å². The van der Waals surface area contributed by atoms with Gasteiger partial charge in [-0.05, 0) is 49.6 Å². The molecule has 5 heteroatoms. The Morgan fingerprint density at radius 1 is 0.794 bits per heavy atom. The molecular formula is C29H43N3O2. The lowest BCUT2D eigenvalue weighted by molar-refractivity contribution is -0.121. The second-order valence-electron chi connectivity index (χ2n) is 9.07. The van der Waals surface area contributed by atoms with Crippen molar-refractivity contribution in [3.63, 3.8) is 0 Å². The highest BCUT2D eigenvalue weighted by Crippen LogP contribution is 2.17. The predicted octanol–water partition coefficient (Wildman–Crippen LogP) is 7.46. The first-order valence-corrected chi connectivity index (χ1v) is 13.1. The maximum atomic E-state index is 13.0. The van der Waals surface area contributed by atoms with Gasteiger partial charge in [0.15, 0.2) is 0 Å². The number of carbonyl (C=O) groups excluding carboxylic acids is 2. The zero-order valence-electron chi connectivity index (χ0n) is 21.2. The Hall–Kier alpha value is -2.82. The molecule has 2 N–H and O–H groups in total. The summed E-state index contributed by atoms with van der Waals surface area (Å²) in [6.45, 7) is 5.34. The number of amides is 3. The minimum absolute atomic E-state index is 0.110. The Bertz CT molecular complexity index is 838. The Morgan fingerprint density at radius 3 is 2.15 bits per heavy atom. The Labute approximate surface area is 206 Å². The van der Waals surface area contributed by atoms with Gasteiger partial charge in [0, 0.05) is 30.9 Å². The molecule has 0 unspecified atom stereocenters. The first kappa shape index (κ1) is 27.4. The van der Waals surface area contributed by atoms with Crippen molar-refractivity contribution in [1.29, 1.82) is 0 Å². The number of nitrogens with zero attached hydrogens (tertiary/aromatic N) is 1. The minimum atomic E-state index is -0.169. The molecule has 2 aromatic rings. The number of unbranched alkanes of at least 4 members (excludes halogenated alkanes) is 8. The average Bonchev–Trinajstić information content (AvgIpc) is 2.83. The molecule has 34 heavy (non-hydrogen) atoms. The fourth-order valence-corrected chi connectivity index (χ4v) is 4.02. The average molecular weight is 466 g/mol. The number of carbonyl (C=O) groups is 2. The molecular weight excluding hydrogens is 422 g/mol. The lowest BCUT2D eigenvalue weighted by Crippen LogP contribution is -2.37. The second kappa shape index (κ2) is 16.7. The van der Waals surface area contributed by atoms with Gasteiger partial charge in [-0.2, -0.15) is 0 Å². The number of para-hydroxylation sites is 1. The van der Waals surface area contributed by atoms with Crippen LogP contribution in [0.4, 0.5) is 16.2 Å². The van der Waals surface area contributed by atoms with E-state index in [0.29, 0.717) is 25.9 Å². The van der Waals surface area contributed by atoms with Crippen molar-refractivity contribution in [2.24, 2.45) is 0 Å². The summed E-state index contributed by atoms with van der Waals surface area (Å²) in [4.78, 5) is 26.9. The summed E-state index contributed by atoms with van der Waals surface area (Å²) in [6, 6.07) is 17.3. The third-order valence-electron chi connectivity index (χ3n) is 5.97. The SMILES string of the molecule is CCCCCCCCCCCC(=O)NCCCN(C(=O)Nc1cccc(C)c1)c1ccccc1. The summed E-state index contributed by atoms with van der Waals surface area (Å²) in [5.74, 6) is 0.110. The molecule has 0 bridgehead atoms. The number of aryl methyl sites for hydroxylation is 1. The second-order valence-corrected chi connectivity index (χ2v) is 9.07. The van der Waals surface area contributed by atoms with Crippen LogP contribution in [-0.4, -0.2) is 25.0 Å². The lowest BCUT2D eigenvalue weighted by atomic mass is 10.1. The van der Waals surface area contributed by atoms with Gasteiger partial charge in [-0.25, -0.2) is 4.79 Å². The Balaban J connectivity index is 1.68. The number of benzene rings is 2. The van der Waals surface area contributed by atoms with Crippen LogP contribution < -0.4 is 15.5 Å². The van der Waals surface area contributed by atoms with E-state index < -0.39 is 0 Å². The number of hydrogen-bond acceptors (Lipinski definition) is 2. The molecule has 0 aliphatic rings. The van der Waals surface area contributed by atoms with Gasteiger partial charge in [-0.15, -0.1) is 0 Å². The third kappa shape index (κ3) is 11.4. The fourth-order valence-electron chi connectivity index (χ4n) is 4.02. The smallest absolute Gasteiger partial charge is 0.326 e. The molecule has 0 heterocycles. The number of rotatable bonds is 16. The van der Waals surface area contributed by atoms with Crippen LogP contribution >= 0.6 is 0 Å². The van der Waals surface area contributed by atoms with Crippen LogP contribution in [0.25, 0.3) is 0 Å². The van der Waals surface area contributed by atoms with Crippen LogP contribution in [0.3, 0.4) is 0 Å². The van der Waals surface area contributed by atoms with Crippen molar-refractivity contribution in [2.75, 3.05) is 23.3 Å². The van der Waals surface area contributed by atoms with E-state index in [2.05, 4.69) is 17.6 Å². The summed E-state index contributed by atoms with van der Waals surface area (Å²) in [6.07, 6.45) is 12.5. The third-order valence-corrected chi connectivity index (χ3v) is 5.97. The van der Waals surface area contributed by atoms with Crippen molar-refractivity contribution < 1.29 is 9.59 Å². The van der Waals surface area contributed by atoms with E-state index in [4.69, 9.17) is 0 Å². The molecule has 0 saturated heterocycles. The van der Waals surface area contributed by atoms with Gasteiger partial charge in [0.1, 0.15) is 0 Å². The van der Waals surface area contributed by atoms with Crippen LogP contribution in [0, 0.1) is 6.92 Å². The topological polar surface area (TPSA) is 61.4 Å². The fraction of sp³-hybridized carbons (Fsp3) is 0.517. The van der Waals surface area contributed by atoms with Crippen LogP contribution in [0.2, 0.25) is 0 Å². The van der Waals surface area contributed by atoms with Crippen LogP contribution in [-0.2, 0) is 4.79 Å². The standard InChI is InChI=1S/C29H43N3O2/c1-3-4-5-6-7-8-9-10-14-21-28(33)30-22-16-23-32(27-19-12-11-13-20-27)29(34)31-26-18-15-17-25(2)24-26/h11-13,15,17-20,24H,3-10,14,16,21-23H2,1-2H3,(H,30,33)(H,31,34). The molecule has 0 atom stereocenters. The molecule has 2 rings (SSSR count). The predicted molar refractivity (Wildman–Crippen MR) is 143 cm³/mol. The normalized spacial score (nSPS) is 10.6. The maximum Gasteiger partial charge on any atom is 0.326 e. The van der Waals surface area contributed by atoms with Gasteiger partial charge in [-0.1, -0.05) is 88.6 Å². The summed E-state index contributed by atoms with van der Waals surface area (Å²) in [5.41, 5.74) is 2.72. The monoisotopic (exact) mass is 465 g/mol. The highest BCUT2D eigenvalue weighted by atomic mass is 16.2. The number of urea groups is 1. The summed E-state index contributed by atoms with van der Waals surface area (Å²) in [7, 11) is 0. The van der Waals surface area contributed by atoms with Crippen LogP contribution in [0.1, 0.15) is 83.1 Å². The highest BCUT2D eigenvalue weighted by molar-refractivity contribution is 6.01. The Kier molecular flexibility index (Phi) is 13.5. The van der Waals surface area contributed by atoms with Crippen molar-refractivity contribution in [3.05, 3.63) is 60.2 Å². The van der Waals surface area contributed by atoms with Gasteiger partial charge < -0.3 is 10.6 Å². The first-order valence-electron chi connectivity index (χ1n) is 13.1. The highest BCUT2D eigenvalue weighted by Gasteiger charge is 2.15. The van der Waals surface area contributed by atoms with E-state index in [-0.39, 0.29) is 11.9 Å². The molecule has 5 nitrogen and oxygen atoms in total. The summed E-state index contributed by atoms with van der Waals surface area (Å²) >= 11 is 0. The quantitative estimate of drug-likeness (QED) is 0.253. The van der Waals surface area contributed by atoms with Crippen molar-refractivity contribution >= 4 is 23.3 Å². The molecule has 0 radical (unpaired) electrons. The van der Waals surface area contributed by atoms with Gasteiger partial charge in [-0.3, -0.25) is 9.69 Å². The Morgan fingerprint density at radius 2 is 1.47 bits per heavy atom. The van der Waals surface area contributed by atoms with Gasteiger partial charge in [0.05, 0.1) is 0 Å². The molecule has 0 aromatic heterocycles. The van der Waals surface area contributed by atoms with Gasteiger partial charge >= 0.3 is 6.03 Å². The largest absolute Gasteiger partial charge is 0.356 e. The van der Waals surface area contributed by atoms with Crippen LogP contribution in [0.15, 0.2) is 54.6 Å². The number of nitrogens with one attached hydrogen (secondary N) is 2. The van der Waals surface area contributed by atoms with E-state index in [0.717, 1.165) is 29.8 Å². The van der Waals surface area contributed by atoms with Crippen LogP contribution in [0.5, 0.6) is 0 Å². The minimum Gasteiger partial charge on any atom is -0.356 e. The molecule has 2 aromatic carbocycles. The van der Waals surface area contributed by atoms with E-state index in [9.17, 15) is 9.59 Å². The zero-order chi connectivity index (χ0) is 24.4. The van der Waals surface area contributed by atoms with Gasteiger partial charge in [0.25, 0.3) is 0 Å². The molecule has 3 amide bonds. The van der Waals surface area contributed by atoms with E-state index in [1.54, 1.807) is 4.90 Å². The van der Waals surface area contributed by atoms with Gasteiger partial charge in [0.2, 0.25) is 5.91 Å². The summed E-state index contributed by atoms with van der Waals surface area (Å²) in [5, 5.41) is 6.00. The number of hydrogen-bond donors (Lipinski definition) is 2. The molecule has 0 aliphatic heterocycles. The molecule has 0 spiro atoms. The molecule has 0 aliphatic carbocycles. The lowest BCUT2D eigenvalue weighted by Gasteiger charge is -2.23. The number of anilines is 2. The maximum absolute atomic E-state index is 13.0. The van der Waals surface area contributed by atoms with Crippen molar-refractivity contribution in [2.45, 2.75) is 84.5 Å². The molecule has 0 fully saturated rings. The summed E-state index contributed by atoms with van der Waals surface area (Å²) < 4.78 is 0. The van der Waals surface area contributed by atoms with E-state index >= 15 is 0 Å².